The van der Waals surface area contributed by atoms with Crippen LogP contribution in [0.25, 0.3) is 0 Å². The third-order valence-electron chi connectivity index (χ3n) is 5.23. The van der Waals surface area contributed by atoms with Crippen LogP contribution < -0.4 is 0 Å². The summed E-state index contributed by atoms with van der Waals surface area (Å²) in [6, 6.07) is 16.6. The fourth-order valence-corrected chi connectivity index (χ4v) is 6.71. The summed E-state index contributed by atoms with van der Waals surface area (Å²) in [5.74, 6) is 4.93. The van der Waals surface area contributed by atoms with Crippen LogP contribution in [-0.2, 0) is 0 Å². The Bertz CT molecular complexity index is 778. The van der Waals surface area contributed by atoms with Gasteiger partial charge in [-0.3, -0.25) is 0 Å². The zero-order valence-corrected chi connectivity index (χ0v) is 16.3. The largest absolute Gasteiger partial charge is 0.204 e. The van der Waals surface area contributed by atoms with E-state index in [1.54, 1.807) is 0 Å². The molecule has 1 aliphatic heterocycles. The summed E-state index contributed by atoms with van der Waals surface area (Å²) in [5.41, 5.74) is 2.81. The zero-order valence-electron chi connectivity index (χ0n) is 15.3. The highest BCUT2D eigenvalue weighted by Gasteiger charge is 2.22. The summed E-state index contributed by atoms with van der Waals surface area (Å²) >= 11 is 0. The van der Waals surface area contributed by atoms with E-state index in [2.05, 4.69) is 30.9 Å². The second-order valence-corrected chi connectivity index (χ2v) is 10.1. The van der Waals surface area contributed by atoms with E-state index in [0.717, 1.165) is 17.7 Å². The Kier molecular flexibility index (Phi) is 6.63. The normalized spacial score (nSPS) is 15.5. The van der Waals surface area contributed by atoms with Crippen molar-refractivity contribution in [2.24, 2.45) is 0 Å². The summed E-state index contributed by atoms with van der Waals surface area (Å²) in [6.07, 6.45) is 5.39. The van der Waals surface area contributed by atoms with Gasteiger partial charge < -0.3 is 0 Å². The second-order valence-electron chi connectivity index (χ2n) is 7.13. The molecule has 1 heterocycles. The monoisotopic (exact) mass is 367 g/mol. The van der Waals surface area contributed by atoms with Crippen molar-refractivity contribution in [1.29, 1.82) is 0 Å². The molecule has 0 atom stereocenters. The van der Waals surface area contributed by atoms with E-state index in [4.69, 9.17) is 0 Å². The molecule has 1 aliphatic rings. The first-order valence-electron chi connectivity index (χ1n) is 9.56. The van der Waals surface area contributed by atoms with E-state index in [-0.39, 0.29) is 8.80 Å². The first-order valence-corrected chi connectivity index (χ1v) is 11.7. The molecule has 0 nitrogen and oxygen atoms in total. The third kappa shape index (κ3) is 5.05. The molecule has 26 heavy (non-hydrogen) atoms. The van der Waals surface area contributed by atoms with Crippen LogP contribution in [0.3, 0.4) is 0 Å². The molecule has 0 N–H and O–H groups in total. The number of halogens is 2. The Morgan fingerprint density at radius 2 is 1.58 bits per heavy atom. The van der Waals surface area contributed by atoms with Gasteiger partial charge in [0.2, 0.25) is 0 Å². The minimum atomic E-state index is -0.857. The van der Waals surface area contributed by atoms with Crippen molar-refractivity contribution in [3.63, 3.8) is 0 Å². The number of hydrogen-bond acceptors (Lipinski definition) is 0. The maximum Gasteiger partial charge on any atom is 0.160 e. The fraction of sp³-hybridized carbons (Fsp3) is 0.391. The van der Waals surface area contributed by atoms with Gasteiger partial charge in [0.1, 0.15) is 0 Å². The van der Waals surface area contributed by atoms with Gasteiger partial charge in [-0.15, -0.1) is 0 Å². The molecule has 2 aromatic carbocycles. The van der Waals surface area contributed by atoms with Gasteiger partial charge in [0.15, 0.2) is 11.6 Å². The minimum Gasteiger partial charge on any atom is -0.204 e. The highest BCUT2D eigenvalue weighted by molar-refractivity contribution is 6.59. The second kappa shape index (κ2) is 9.14. The van der Waals surface area contributed by atoms with Crippen molar-refractivity contribution in [2.45, 2.75) is 56.7 Å². The lowest BCUT2D eigenvalue weighted by Crippen LogP contribution is -2.20. The summed E-state index contributed by atoms with van der Waals surface area (Å²) in [5, 5.41) is 0. The van der Waals surface area contributed by atoms with Gasteiger partial charge in [0.05, 0.1) is 0 Å². The number of unbranched alkanes of at least 4 members (excludes halogenated alkanes) is 1. The van der Waals surface area contributed by atoms with Gasteiger partial charge >= 0.3 is 0 Å². The molecule has 1 fully saturated rings. The standard InChI is InChI=1S/C23H25F2Si/c1-2-3-14-26-15-12-21(13-16-26)20-9-6-18(7-10-20)4-5-19-8-11-22(24)23(25)17-19/h6-11,17,21H,2-3,12-16H2,1H3. The number of rotatable bonds is 4. The SMILES string of the molecule is CCCC[Si]1CCC(c2ccc(C#Cc3ccc(F)c(F)c3)cc2)CC1. The number of hydrogen-bond donors (Lipinski definition) is 0. The summed E-state index contributed by atoms with van der Waals surface area (Å²) in [7, 11) is -0.0833. The van der Waals surface area contributed by atoms with E-state index < -0.39 is 11.6 Å². The van der Waals surface area contributed by atoms with Crippen molar-refractivity contribution in [3.05, 3.63) is 70.8 Å². The lowest BCUT2D eigenvalue weighted by molar-refractivity contribution is 0.508. The Hall–Kier alpha value is -1.92. The third-order valence-corrected chi connectivity index (χ3v) is 8.28. The van der Waals surface area contributed by atoms with Crippen LogP contribution in [0.1, 0.15) is 55.2 Å². The zero-order chi connectivity index (χ0) is 18.4. The molecule has 0 bridgehead atoms. The summed E-state index contributed by atoms with van der Waals surface area (Å²) in [6.45, 7) is 2.28. The average Bonchev–Trinajstić information content (AvgIpc) is 2.68. The van der Waals surface area contributed by atoms with Crippen LogP contribution in [-0.4, -0.2) is 8.80 Å². The Morgan fingerprint density at radius 1 is 0.923 bits per heavy atom. The molecular formula is C23H25F2Si. The molecule has 3 rings (SSSR count). The Morgan fingerprint density at radius 3 is 2.23 bits per heavy atom. The van der Waals surface area contributed by atoms with Crippen LogP contribution in [0.2, 0.25) is 18.1 Å². The lowest BCUT2D eigenvalue weighted by atomic mass is 9.93. The van der Waals surface area contributed by atoms with E-state index in [1.165, 1.54) is 55.4 Å². The van der Waals surface area contributed by atoms with Gasteiger partial charge in [0, 0.05) is 19.9 Å². The van der Waals surface area contributed by atoms with Gasteiger partial charge in [0.25, 0.3) is 0 Å². The Labute approximate surface area is 157 Å². The van der Waals surface area contributed by atoms with E-state index in [9.17, 15) is 8.78 Å². The molecule has 0 spiro atoms. The van der Waals surface area contributed by atoms with Crippen molar-refractivity contribution < 1.29 is 8.78 Å². The molecule has 0 aromatic heterocycles. The lowest BCUT2D eigenvalue weighted by Gasteiger charge is -2.27. The van der Waals surface area contributed by atoms with Crippen LogP contribution in [0, 0.1) is 23.5 Å². The van der Waals surface area contributed by atoms with Gasteiger partial charge in [-0.1, -0.05) is 61.9 Å². The molecule has 1 saturated heterocycles. The van der Waals surface area contributed by atoms with Gasteiger partial charge in [-0.05, 0) is 54.7 Å². The maximum absolute atomic E-state index is 13.2. The van der Waals surface area contributed by atoms with Gasteiger partial charge in [-0.2, -0.15) is 0 Å². The molecule has 0 aliphatic carbocycles. The van der Waals surface area contributed by atoms with Crippen molar-refractivity contribution in [2.75, 3.05) is 0 Å². The molecule has 3 heteroatoms. The highest BCUT2D eigenvalue weighted by atomic mass is 28.3. The van der Waals surface area contributed by atoms with Crippen LogP contribution in [0.15, 0.2) is 42.5 Å². The van der Waals surface area contributed by atoms with Crippen LogP contribution in [0.5, 0.6) is 0 Å². The van der Waals surface area contributed by atoms with E-state index >= 15 is 0 Å². The predicted molar refractivity (Wildman–Crippen MR) is 106 cm³/mol. The molecule has 2 aromatic rings. The van der Waals surface area contributed by atoms with Crippen molar-refractivity contribution in [1.82, 2.24) is 0 Å². The fourth-order valence-electron chi connectivity index (χ4n) is 3.59. The molecular weight excluding hydrogens is 342 g/mol. The summed E-state index contributed by atoms with van der Waals surface area (Å²) < 4.78 is 26.2. The highest BCUT2D eigenvalue weighted by Crippen LogP contribution is 2.35. The van der Waals surface area contributed by atoms with Crippen molar-refractivity contribution in [3.8, 4) is 11.8 Å². The van der Waals surface area contributed by atoms with Crippen LogP contribution >= 0.6 is 0 Å². The van der Waals surface area contributed by atoms with Crippen molar-refractivity contribution >= 4 is 8.80 Å². The quantitative estimate of drug-likeness (QED) is 0.425. The first-order chi connectivity index (χ1) is 12.7. The molecule has 135 valence electrons. The first kappa shape index (κ1) is 18.9. The van der Waals surface area contributed by atoms with Crippen LogP contribution in [0.4, 0.5) is 8.78 Å². The minimum absolute atomic E-state index is 0.0833. The smallest absolute Gasteiger partial charge is 0.160 e. The maximum atomic E-state index is 13.2. The van der Waals surface area contributed by atoms with E-state index in [1.807, 2.05) is 12.1 Å². The topological polar surface area (TPSA) is 0 Å². The van der Waals surface area contributed by atoms with E-state index in [0.29, 0.717) is 11.5 Å². The predicted octanol–water partition coefficient (Wildman–Crippen LogP) is 6.54. The molecule has 0 amide bonds. The Balaban J connectivity index is 1.59. The summed E-state index contributed by atoms with van der Waals surface area (Å²) in [4.78, 5) is 0. The number of benzene rings is 2. The van der Waals surface area contributed by atoms with Gasteiger partial charge in [-0.25, -0.2) is 8.78 Å². The molecule has 0 unspecified atom stereocenters. The average molecular weight is 368 g/mol. The molecule has 0 saturated carbocycles. The molecule has 1 radical (unpaired) electrons.